The number of carbonyl (C=O) groups is 1. The Balaban J connectivity index is 1.57. The van der Waals surface area contributed by atoms with Crippen LogP contribution in [0.2, 0.25) is 0 Å². The van der Waals surface area contributed by atoms with Gasteiger partial charge in [-0.15, -0.1) is 0 Å². The minimum absolute atomic E-state index is 0.0407. The van der Waals surface area contributed by atoms with Crippen LogP contribution in [0.15, 0.2) is 30.7 Å². The van der Waals surface area contributed by atoms with E-state index in [4.69, 9.17) is 4.74 Å². The van der Waals surface area contributed by atoms with Gasteiger partial charge in [0, 0.05) is 32.4 Å². The Bertz CT molecular complexity index is 718. The first-order valence-corrected chi connectivity index (χ1v) is 8.97. The molecule has 0 saturated carbocycles. The molecular formula is C19H25N5O2. The molecule has 1 N–H and O–H groups in total. The number of hydrogen-bond acceptors (Lipinski definition) is 6. The molecule has 0 aliphatic carbocycles. The predicted octanol–water partition coefficient (Wildman–Crippen LogP) is 2.41. The third-order valence-corrected chi connectivity index (χ3v) is 4.79. The molecular weight excluding hydrogens is 330 g/mol. The van der Waals surface area contributed by atoms with Crippen molar-refractivity contribution >= 4 is 11.7 Å². The number of nitrogens with one attached hydrogen (secondary N) is 1. The largest absolute Gasteiger partial charge is 0.481 e. The Morgan fingerprint density at radius 1 is 1.19 bits per heavy atom. The summed E-state index contributed by atoms with van der Waals surface area (Å²) in [6.07, 6.45) is 9.17. The maximum atomic E-state index is 12.7. The van der Waals surface area contributed by atoms with E-state index in [9.17, 15) is 4.79 Å². The summed E-state index contributed by atoms with van der Waals surface area (Å²) in [7, 11) is 3.40. The monoisotopic (exact) mass is 355 g/mol. The lowest BCUT2D eigenvalue weighted by molar-refractivity contribution is 0.0759. The molecule has 1 aliphatic heterocycles. The molecule has 3 heterocycles. The fourth-order valence-corrected chi connectivity index (χ4v) is 3.27. The number of ether oxygens (including phenoxy) is 1. The Hall–Kier alpha value is -2.70. The highest BCUT2D eigenvalue weighted by Gasteiger charge is 2.22. The van der Waals surface area contributed by atoms with Crippen molar-refractivity contribution in [3.05, 3.63) is 42.0 Å². The summed E-state index contributed by atoms with van der Waals surface area (Å²) in [4.78, 5) is 27.6. The molecule has 1 amide bonds. The van der Waals surface area contributed by atoms with E-state index in [1.54, 1.807) is 31.6 Å². The number of pyridine rings is 1. The van der Waals surface area contributed by atoms with E-state index in [2.05, 4.69) is 20.3 Å². The molecule has 2 aromatic heterocycles. The number of amides is 1. The molecule has 0 bridgehead atoms. The normalized spacial score (nSPS) is 17.5. The predicted molar refractivity (Wildman–Crippen MR) is 99.3 cm³/mol. The van der Waals surface area contributed by atoms with Gasteiger partial charge < -0.3 is 15.0 Å². The number of anilines is 1. The van der Waals surface area contributed by atoms with Crippen molar-refractivity contribution in [2.24, 2.45) is 5.92 Å². The highest BCUT2D eigenvalue weighted by molar-refractivity contribution is 5.94. The molecule has 0 unspecified atom stereocenters. The van der Waals surface area contributed by atoms with Gasteiger partial charge in [-0.2, -0.15) is 0 Å². The zero-order chi connectivity index (χ0) is 18.4. The van der Waals surface area contributed by atoms with E-state index in [1.165, 1.54) is 0 Å². The molecule has 0 radical (unpaired) electrons. The molecule has 7 nitrogen and oxygen atoms in total. The summed E-state index contributed by atoms with van der Waals surface area (Å²) in [5.74, 6) is 1.86. The summed E-state index contributed by atoms with van der Waals surface area (Å²) in [6.45, 7) is 1.54. The van der Waals surface area contributed by atoms with Crippen LogP contribution < -0.4 is 10.1 Å². The third kappa shape index (κ3) is 4.47. The van der Waals surface area contributed by atoms with Gasteiger partial charge in [0.2, 0.25) is 5.88 Å². The number of likely N-dealkylation sites (tertiary alicyclic amines) is 1. The van der Waals surface area contributed by atoms with Crippen molar-refractivity contribution < 1.29 is 9.53 Å². The minimum Gasteiger partial charge on any atom is -0.481 e. The van der Waals surface area contributed by atoms with Crippen molar-refractivity contribution in [3.63, 3.8) is 0 Å². The van der Waals surface area contributed by atoms with Gasteiger partial charge in [0.05, 0.1) is 30.8 Å². The van der Waals surface area contributed by atoms with Gasteiger partial charge in [-0.25, -0.2) is 9.97 Å². The van der Waals surface area contributed by atoms with Gasteiger partial charge in [-0.1, -0.05) is 0 Å². The van der Waals surface area contributed by atoms with Crippen LogP contribution in [-0.4, -0.2) is 53.0 Å². The maximum Gasteiger partial charge on any atom is 0.255 e. The zero-order valence-corrected chi connectivity index (χ0v) is 15.3. The first-order chi connectivity index (χ1) is 12.7. The Morgan fingerprint density at radius 2 is 2.08 bits per heavy atom. The summed E-state index contributed by atoms with van der Waals surface area (Å²) in [6, 6.07) is 3.50. The van der Waals surface area contributed by atoms with Crippen LogP contribution in [0.1, 0.15) is 35.3 Å². The summed E-state index contributed by atoms with van der Waals surface area (Å²) in [5.41, 5.74) is 1.62. The van der Waals surface area contributed by atoms with Gasteiger partial charge in [0.1, 0.15) is 5.82 Å². The van der Waals surface area contributed by atoms with Crippen molar-refractivity contribution in [1.29, 1.82) is 0 Å². The highest BCUT2D eigenvalue weighted by Crippen LogP contribution is 2.22. The van der Waals surface area contributed by atoms with Crippen LogP contribution in [0.3, 0.4) is 0 Å². The first kappa shape index (κ1) is 18.1. The summed E-state index contributed by atoms with van der Waals surface area (Å²) < 4.78 is 5.05. The van der Waals surface area contributed by atoms with Gasteiger partial charge in [-0.05, 0) is 37.7 Å². The minimum atomic E-state index is 0.0407. The highest BCUT2D eigenvalue weighted by atomic mass is 16.5. The molecule has 1 aliphatic rings. The topological polar surface area (TPSA) is 80.2 Å². The molecule has 7 heteroatoms. The second-order valence-corrected chi connectivity index (χ2v) is 6.53. The van der Waals surface area contributed by atoms with E-state index in [1.807, 2.05) is 18.1 Å². The molecule has 2 aromatic rings. The quantitative estimate of drug-likeness (QED) is 0.887. The SMILES string of the molecule is CNc1cnc(C[C@H]2CCCN(C(=O)c3ccc(OC)nc3)CC2)cn1. The van der Waals surface area contributed by atoms with Crippen LogP contribution in [0, 0.1) is 5.92 Å². The number of hydrogen-bond donors (Lipinski definition) is 1. The van der Waals surface area contributed by atoms with Gasteiger partial charge in [0.15, 0.2) is 0 Å². The lowest BCUT2D eigenvalue weighted by atomic mass is 9.95. The molecule has 138 valence electrons. The number of rotatable bonds is 5. The number of nitrogens with zero attached hydrogens (tertiary/aromatic N) is 4. The van der Waals surface area contributed by atoms with E-state index in [0.29, 0.717) is 17.4 Å². The average Bonchev–Trinajstić information content (AvgIpc) is 2.94. The number of carbonyl (C=O) groups excluding carboxylic acids is 1. The molecule has 26 heavy (non-hydrogen) atoms. The second kappa shape index (κ2) is 8.60. The van der Waals surface area contributed by atoms with Gasteiger partial charge in [-0.3, -0.25) is 9.78 Å². The molecule has 1 fully saturated rings. The molecule has 1 saturated heterocycles. The van der Waals surface area contributed by atoms with E-state index >= 15 is 0 Å². The van der Waals surface area contributed by atoms with E-state index < -0.39 is 0 Å². The molecule has 0 spiro atoms. The molecule has 3 rings (SSSR count). The first-order valence-electron chi connectivity index (χ1n) is 8.97. The number of aromatic nitrogens is 3. The third-order valence-electron chi connectivity index (χ3n) is 4.79. The average molecular weight is 355 g/mol. The molecule has 1 atom stereocenters. The van der Waals surface area contributed by atoms with Crippen molar-refractivity contribution in [3.8, 4) is 5.88 Å². The van der Waals surface area contributed by atoms with Crippen LogP contribution in [0.5, 0.6) is 5.88 Å². The number of methoxy groups -OCH3 is 1. The fraction of sp³-hybridized carbons (Fsp3) is 0.474. The van der Waals surface area contributed by atoms with Crippen LogP contribution >= 0.6 is 0 Å². The zero-order valence-electron chi connectivity index (χ0n) is 15.3. The smallest absolute Gasteiger partial charge is 0.255 e. The van der Waals surface area contributed by atoms with Crippen molar-refractivity contribution in [2.45, 2.75) is 25.7 Å². The summed E-state index contributed by atoms with van der Waals surface area (Å²) in [5, 5.41) is 2.98. The Morgan fingerprint density at radius 3 is 2.73 bits per heavy atom. The maximum absolute atomic E-state index is 12.7. The molecule has 0 aromatic carbocycles. The van der Waals surface area contributed by atoms with E-state index in [-0.39, 0.29) is 5.91 Å². The van der Waals surface area contributed by atoms with Crippen LogP contribution in [0.25, 0.3) is 0 Å². The fourth-order valence-electron chi connectivity index (χ4n) is 3.27. The van der Waals surface area contributed by atoms with Crippen molar-refractivity contribution in [1.82, 2.24) is 19.9 Å². The standard InChI is InChI=1S/C19H25N5O2/c1-20-17-13-21-16(12-22-17)10-14-4-3-8-24(9-7-14)19(25)15-5-6-18(26-2)23-11-15/h5-6,11-14H,3-4,7-10H2,1-2H3,(H,20,22)/t14-/m0/s1. The Kier molecular flexibility index (Phi) is 5.99. The second-order valence-electron chi connectivity index (χ2n) is 6.53. The van der Waals surface area contributed by atoms with Gasteiger partial charge >= 0.3 is 0 Å². The lowest BCUT2D eigenvalue weighted by Gasteiger charge is -2.20. The Labute approximate surface area is 153 Å². The summed E-state index contributed by atoms with van der Waals surface area (Å²) >= 11 is 0. The van der Waals surface area contributed by atoms with Crippen molar-refractivity contribution in [2.75, 3.05) is 32.6 Å². The van der Waals surface area contributed by atoms with E-state index in [0.717, 1.165) is 50.3 Å². The van der Waals surface area contributed by atoms with Crippen LogP contribution in [-0.2, 0) is 6.42 Å². The van der Waals surface area contributed by atoms with Crippen LogP contribution in [0.4, 0.5) is 5.82 Å². The lowest BCUT2D eigenvalue weighted by Crippen LogP contribution is -2.32. The van der Waals surface area contributed by atoms with Gasteiger partial charge in [0.25, 0.3) is 5.91 Å².